The third-order valence-electron chi connectivity index (χ3n) is 9.61. The number of rotatable bonds is 0. The SMILES string of the molecule is CC1CN2CC3CCC4=CCCC4C45CCC(=O)OCC34CCC1C25. The monoisotopic (exact) mass is 341 g/mol. The minimum absolute atomic E-state index is 0.0760. The lowest BCUT2D eigenvalue weighted by Crippen LogP contribution is -2.70. The molecule has 0 spiro atoms. The quantitative estimate of drug-likeness (QED) is 0.496. The molecule has 0 aromatic carbocycles. The summed E-state index contributed by atoms with van der Waals surface area (Å²) in [6, 6.07) is 0.714. The van der Waals surface area contributed by atoms with E-state index in [2.05, 4.69) is 17.9 Å². The van der Waals surface area contributed by atoms with Gasteiger partial charge >= 0.3 is 5.97 Å². The third kappa shape index (κ3) is 1.66. The standard InChI is InChI=1S/C22H31NO2/c1-14-11-23-12-16-6-5-15-3-2-4-18(15)22-10-8-19(24)25-13-21(16,22)9-7-17(14)20(22)23/h3,14,16-18,20H,2,4-13H2,1H3. The Hall–Kier alpha value is -0.830. The van der Waals surface area contributed by atoms with Gasteiger partial charge < -0.3 is 4.74 Å². The summed E-state index contributed by atoms with van der Waals surface area (Å²) >= 11 is 0. The van der Waals surface area contributed by atoms with Crippen molar-refractivity contribution < 1.29 is 9.53 Å². The topological polar surface area (TPSA) is 29.5 Å². The van der Waals surface area contributed by atoms with Crippen LogP contribution in [0, 0.1) is 34.5 Å². The average Bonchev–Trinajstić information content (AvgIpc) is 3.14. The number of piperidine rings is 1. The molecular formula is C22H31NO2. The van der Waals surface area contributed by atoms with Crippen LogP contribution in [0.2, 0.25) is 0 Å². The van der Waals surface area contributed by atoms with Crippen LogP contribution in [-0.2, 0) is 9.53 Å². The van der Waals surface area contributed by atoms with E-state index in [1.54, 1.807) is 5.57 Å². The van der Waals surface area contributed by atoms with Gasteiger partial charge in [0.25, 0.3) is 0 Å². The first-order chi connectivity index (χ1) is 12.2. The zero-order chi connectivity index (χ0) is 16.8. The Bertz CT molecular complexity index is 656. The summed E-state index contributed by atoms with van der Waals surface area (Å²) < 4.78 is 5.92. The fourth-order valence-electron chi connectivity index (χ4n) is 8.91. The van der Waals surface area contributed by atoms with Crippen molar-refractivity contribution in [2.24, 2.45) is 34.5 Å². The Morgan fingerprint density at radius 2 is 2.08 bits per heavy atom. The van der Waals surface area contributed by atoms with Gasteiger partial charge in [0.1, 0.15) is 0 Å². The highest BCUT2D eigenvalue weighted by Crippen LogP contribution is 2.73. The molecule has 7 unspecified atom stereocenters. The number of ether oxygens (including phenoxy) is 1. The summed E-state index contributed by atoms with van der Waals surface area (Å²) in [4.78, 5) is 15.3. The van der Waals surface area contributed by atoms with Crippen LogP contribution in [-0.4, -0.2) is 36.6 Å². The van der Waals surface area contributed by atoms with Gasteiger partial charge in [-0.25, -0.2) is 0 Å². The Morgan fingerprint density at radius 3 is 3.00 bits per heavy atom. The molecule has 5 fully saturated rings. The largest absolute Gasteiger partial charge is 0.465 e. The van der Waals surface area contributed by atoms with Crippen molar-refractivity contribution in [3.63, 3.8) is 0 Å². The zero-order valence-corrected chi connectivity index (χ0v) is 15.5. The van der Waals surface area contributed by atoms with E-state index in [1.165, 1.54) is 51.6 Å². The third-order valence-corrected chi connectivity index (χ3v) is 9.61. The molecular weight excluding hydrogens is 310 g/mol. The van der Waals surface area contributed by atoms with Gasteiger partial charge in [0.15, 0.2) is 0 Å². The maximum Gasteiger partial charge on any atom is 0.305 e. The van der Waals surface area contributed by atoms with Gasteiger partial charge in [-0.15, -0.1) is 0 Å². The minimum atomic E-state index is 0.0760. The summed E-state index contributed by atoms with van der Waals surface area (Å²) in [6.07, 6.45) is 12.2. The van der Waals surface area contributed by atoms with Crippen LogP contribution in [0.3, 0.4) is 0 Å². The first-order valence-corrected chi connectivity index (χ1v) is 10.7. The molecule has 3 heteroatoms. The van der Waals surface area contributed by atoms with Crippen molar-refractivity contribution in [2.45, 2.75) is 64.3 Å². The molecule has 0 amide bonds. The van der Waals surface area contributed by atoms with Crippen LogP contribution in [0.15, 0.2) is 11.6 Å². The summed E-state index contributed by atoms with van der Waals surface area (Å²) in [5.74, 6) is 3.21. The van der Waals surface area contributed by atoms with Crippen molar-refractivity contribution in [1.82, 2.24) is 4.90 Å². The van der Waals surface area contributed by atoms with Crippen LogP contribution in [0.25, 0.3) is 0 Å². The van der Waals surface area contributed by atoms with Gasteiger partial charge in [-0.3, -0.25) is 9.69 Å². The molecule has 6 aliphatic rings. The normalized spacial score (nSPS) is 54.0. The van der Waals surface area contributed by atoms with Gasteiger partial charge in [-0.2, -0.15) is 0 Å². The Labute approximate surface area is 151 Å². The molecule has 3 heterocycles. The smallest absolute Gasteiger partial charge is 0.305 e. The molecule has 3 nitrogen and oxygen atoms in total. The van der Waals surface area contributed by atoms with Gasteiger partial charge in [0.05, 0.1) is 6.61 Å². The van der Waals surface area contributed by atoms with E-state index in [0.29, 0.717) is 17.9 Å². The first kappa shape index (κ1) is 15.2. The van der Waals surface area contributed by atoms with Crippen molar-refractivity contribution in [1.29, 1.82) is 0 Å². The maximum atomic E-state index is 12.4. The van der Waals surface area contributed by atoms with E-state index in [9.17, 15) is 4.79 Å². The summed E-state index contributed by atoms with van der Waals surface area (Å²) in [5, 5.41) is 0. The van der Waals surface area contributed by atoms with Gasteiger partial charge in [-0.1, -0.05) is 18.6 Å². The Balaban J connectivity index is 1.61. The van der Waals surface area contributed by atoms with Crippen molar-refractivity contribution in [2.75, 3.05) is 19.7 Å². The molecule has 0 radical (unpaired) electrons. The van der Waals surface area contributed by atoms with Gasteiger partial charge in [-0.05, 0) is 68.6 Å². The second kappa shape index (κ2) is 4.91. The molecule has 0 aromatic heterocycles. The number of carbonyl (C=O) groups excluding carboxylic acids is 1. The lowest BCUT2D eigenvalue weighted by Gasteiger charge is -2.67. The van der Waals surface area contributed by atoms with Crippen LogP contribution in [0.1, 0.15) is 58.3 Å². The highest BCUT2D eigenvalue weighted by molar-refractivity contribution is 5.70. The van der Waals surface area contributed by atoms with Crippen molar-refractivity contribution in [3.05, 3.63) is 11.6 Å². The van der Waals surface area contributed by atoms with Crippen LogP contribution < -0.4 is 0 Å². The number of cyclic esters (lactones) is 1. The lowest BCUT2D eigenvalue weighted by atomic mass is 9.41. The minimum Gasteiger partial charge on any atom is -0.465 e. The molecule has 0 aromatic rings. The predicted octanol–water partition coefficient (Wildman–Crippen LogP) is 3.79. The van der Waals surface area contributed by atoms with Crippen molar-refractivity contribution >= 4 is 5.97 Å². The number of nitrogens with zero attached hydrogens (tertiary/aromatic N) is 1. The van der Waals surface area contributed by atoms with E-state index in [4.69, 9.17) is 4.74 Å². The van der Waals surface area contributed by atoms with Crippen LogP contribution in [0.4, 0.5) is 0 Å². The fraction of sp³-hybridized carbons (Fsp3) is 0.864. The van der Waals surface area contributed by atoms with Crippen molar-refractivity contribution in [3.8, 4) is 0 Å². The summed E-state index contributed by atoms with van der Waals surface area (Å²) in [7, 11) is 0. The molecule has 4 bridgehead atoms. The van der Waals surface area contributed by atoms with Crippen LogP contribution >= 0.6 is 0 Å². The summed E-state index contributed by atoms with van der Waals surface area (Å²) in [5.41, 5.74) is 2.35. The molecule has 7 atom stereocenters. The second-order valence-corrected chi connectivity index (χ2v) is 10.1. The second-order valence-electron chi connectivity index (χ2n) is 10.1. The predicted molar refractivity (Wildman–Crippen MR) is 95.8 cm³/mol. The number of fused-ring (bicyclic) bond motifs is 1. The summed E-state index contributed by atoms with van der Waals surface area (Å²) in [6.45, 7) is 5.79. The molecule has 3 aliphatic heterocycles. The van der Waals surface area contributed by atoms with E-state index in [0.717, 1.165) is 36.7 Å². The van der Waals surface area contributed by atoms with E-state index >= 15 is 0 Å². The lowest BCUT2D eigenvalue weighted by molar-refractivity contribution is -0.204. The zero-order valence-electron chi connectivity index (χ0n) is 15.5. The molecule has 0 N–H and O–H groups in total. The maximum absolute atomic E-state index is 12.4. The van der Waals surface area contributed by atoms with Gasteiger partial charge in [0, 0.05) is 36.4 Å². The number of hydrogen-bond acceptors (Lipinski definition) is 3. The molecule has 136 valence electrons. The first-order valence-electron chi connectivity index (χ1n) is 10.7. The fourth-order valence-corrected chi connectivity index (χ4v) is 8.91. The Kier molecular flexibility index (Phi) is 2.99. The number of allylic oxidation sites excluding steroid dienone is 2. The molecule has 3 saturated heterocycles. The highest BCUT2D eigenvalue weighted by Gasteiger charge is 2.73. The van der Waals surface area contributed by atoms with E-state index in [1.807, 2.05) is 0 Å². The Morgan fingerprint density at radius 1 is 1.16 bits per heavy atom. The molecule has 3 aliphatic carbocycles. The molecule has 2 saturated carbocycles. The van der Waals surface area contributed by atoms with Crippen LogP contribution in [0.5, 0.6) is 0 Å². The number of esters is 1. The van der Waals surface area contributed by atoms with E-state index < -0.39 is 0 Å². The number of carbonyl (C=O) groups is 1. The number of hydrogen-bond donors (Lipinski definition) is 0. The van der Waals surface area contributed by atoms with E-state index in [-0.39, 0.29) is 11.4 Å². The highest BCUT2D eigenvalue weighted by atomic mass is 16.5. The average molecular weight is 341 g/mol. The molecule has 25 heavy (non-hydrogen) atoms. The molecule has 6 rings (SSSR count). The van der Waals surface area contributed by atoms with Gasteiger partial charge in [0.2, 0.25) is 0 Å².